The summed E-state index contributed by atoms with van der Waals surface area (Å²) >= 11 is 0. The van der Waals surface area contributed by atoms with Crippen molar-refractivity contribution in [3.05, 3.63) is 229 Å². The second kappa shape index (κ2) is 15.5. The molecular formula is C54H38N4. The fourth-order valence-corrected chi connectivity index (χ4v) is 7.81. The first-order valence-corrected chi connectivity index (χ1v) is 19.7. The van der Waals surface area contributed by atoms with E-state index in [9.17, 15) is 0 Å². The third kappa shape index (κ3) is 7.15. The molecule has 4 heteroatoms. The Bertz CT molecular complexity index is 2860. The highest BCUT2D eigenvalue weighted by Gasteiger charge is 2.21. The van der Waals surface area contributed by atoms with Crippen LogP contribution in [-0.4, -0.2) is 20.7 Å². The van der Waals surface area contributed by atoms with Crippen molar-refractivity contribution in [1.82, 2.24) is 15.0 Å². The van der Waals surface area contributed by atoms with Gasteiger partial charge in [0.1, 0.15) is 0 Å². The molecule has 0 saturated carbocycles. The molecule has 2 aromatic heterocycles. The summed E-state index contributed by atoms with van der Waals surface area (Å²) < 4.78 is 0. The molecule has 1 aliphatic heterocycles. The number of pyridine rings is 1. The molecule has 1 aliphatic rings. The summed E-state index contributed by atoms with van der Waals surface area (Å²) in [5.74, 6) is 0.701. The average molecular weight is 743 g/mol. The predicted molar refractivity (Wildman–Crippen MR) is 239 cm³/mol. The lowest BCUT2D eigenvalue weighted by Crippen LogP contribution is -2.10. The van der Waals surface area contributed by atoms with Gasteiger partial charge < -0.3 is 0 Å². The van der Waals surface area contributed by atoms with Crippen molar-refractivity contribution in [3.63, 3.8) is 0 Å². The molecule has 0 amide bonds. The maximum Gasteiger partial charge on any atom is 0.160 e. The highest BCUT2D eigenvalue weighted by molar-refractivity contribution is 6.13. The van der Waals surface area contributed by atoms with Crippen LogP contribution in [0.2, 0.25) is 0 Å². The van der Waals surface area contributed by atoms with E-state index in [2.05, 4.69) is 176 Å². The second-order valence-corrected chi connectivity index (χ2v) is 14.6. The van der Waals surface area contributed by atoms with Crippen LogP contribution in [0.3, 0.4) is 0 Å². The lowest BCUT2D eigenvalue weighted by Gasteiger charge is -2.22. The van der Waals surface area contributed by atoms with Crippen molar-refractivity contribution in [2.24, 2.45) is 4.99 Å². The highest BCUT2D eigenvalue weighted by atomic mass is 14.9. The number of dihydropyridines is 1. The van der Waals surface area contributed by atoms with Crippen molar-refractivity contribution >= 4 is 22.1 Å². The molecule has 0 aliphatic carbocycles. The van der Waals surface area contributed by atoms with E-state index in [-0.39, 0.29) is 6.04 Å². The van der Waals surface area contributed by atoms with Crippen LogP contribution in [0.15, 0.2) is 217 Å². The molecule has 0 bridgehead atoms. The summed E-state index contributed by atoms with van der Waals surface area (Å²) in [5, 5.41) is 2.25. The van der Waals surface area contributed by atoms with Gasteiger partial charge in [-0.15, -0.1) is 0 Å². The smallest absolute Gasteiger partial charge is 0.160 e. The number of hydrogen-bond acceptors (Lipinski definition) is 4. The van der Waals surface area contributed by atoms with Crippen molar-refractivity contribution < 1.29 is 0 Å². The second-order valence-electron chi connectivity index (χ2n) is 14.6. The first kappa shape index (κ1) is 34.9. The molecule has 0 saturated heterocycles. The van der Waals surface area contributed by atoms with E-state index in [0.29, 0.717) is 5.82 Å². The Morgan fingerprint density at radius 2 is 0.862 bits per heavy atom. The zero-order chi connectivity index (χ0) is 38.7. The van der Waals surface area contributed by atoms with Crippen LogP contribution < -0.4 is 0 Å². The molecule has 0 spiro atoms. The van der Waals surface area contributed by atoms with Crippen LogP contribution in [0.25, 0.3) is 72.8 Å². The quantitative estimate of drug-likeness (QED) is 0.156. The van der Waals surface area contributed by atoms with Crippen LogP contribution in [0.4, 0.5) is 0 Å². The van der Waals surface area contributed by atoms with Crippen LogP contribution >= 0.6 is 0 Å². The maximum absolute atomic E-state index is 5.33. The van der Waals surface area contributed by atoms with Gasteiger partial charge in [0, 0.05) is 33.2 Å². The number of fused-ring (bicyclic) bond motifs is 1. The summed E-state index contributed by atoms with van der Waals surface area (Å²) in [6.45, 7) is 0. The van der Waals surface area contributed by atoms with Gasteiger partial charge in [0.15, 0.2) is 5.82 Å². The number of allylic oxidation sites excluding steroid dienone is 1. The zero-order valence-corrected chi connectivity index (χ0v) is 31.8. The minimum absolute atomic E-state index is 0.0540. The van der Waals surface area contributed by atoms with E-state index in [4.69, 9.17) is 19.9 Å². The molecule has 0 fully saturated rings. The first-order valence-electron chi connectivity index (χ1n) is 19.7. The summed E-state index contributed by atoms with van der Waals surface area (Å²) in [4.78, 5) is 20.6. The van der Waals surface area contributed by atoms with Crippen molar-refractivity contribution in [1.29, 1.82) is 0 Å². The third-order valence-corrected chi connectivity index (χ3v) is 10.8. The number of aliphatic imine (C=N–C) groups is 1. The lowest BCUT2D eigenvalue weighted by molar-refractivity contribution is 0.748. The molecule has 9 aromatic rings. The Balaban J connectivity index is 0.995. The highest BCUT2D eigenvalue weighted by Crippen LogP contribution is 2.37. The zero-order valence-electron chi connectivity index (χ0n) is 31.8. The van der Waals surface area contributed by atoms with Crippen LogP contribution in [0.1, 0.15) is 29.2 Å². The van der Waals surface area contributed by atoms with Gasteiger partial charge >= 0.3 is 0 Å². The summed E-state index contributed by atoms with van der Waals surface area (Å²) in [7, 11) is 0. The van der Waals surface area contributed by atoms with Crippen LogP contribution in [0.5, 0.6) is 0 Å². The first-order chi connectivity index (χ1) is 28.7. The van der Waals surface area contributed by atoms with Gasteiger partial charge in [-0.3, -0.25) is 4.99 Å². The van der Waals surface area contributed by atoms with Crippen LogP contribution in [0, 0.1) is 0 Å². The topological polar surface area (TPSA) is 51.0 Å². The molecule has 58 heavy (non-hydrogen) atoms. The lowest BCUT2D eigenvalue weighted by atomic mass is 9.89. The molecule has 274 valence electrons. The Labute approximate surface area is 338 Å². The Morgan fingerprint density at radius 1 is 0.379 bits per heavy atom. The Hall–Kier alpha value is -7.56. The predicted octanol–water partition coefficient (Wildman–Crippen LogP) is 13.4. The summed E-state index contributed by atoms with van der Waals surface area (Å²) in [6, 6.07) is 71.9. The van der Waals surface area contributed by atoms with Crippen molar-refractivity contribution in [2.75, 3.05) is 0 Å². The van der Waals surface area contributed by atoms with Crippen molar-refractivity contribution in [3.8, 4) is 56.4 Å². The van der Waals surface area contributed by atoms with E-state index >= 15 is 0 Å². The molecule has 0 N–H and O–H groups in total. The normalized spacial score (nSPS) is 13.8. The molecule has 0 radical (unpaired) electrons. The number of hydrogen-bond donors (Lipinski definition) is 0. The molecule has 7 aromatic carbocycles. The molecule has 10 rings (SSSR count). The van der Waals surface area contributed by atoms with Gasteiger partial charge in [-0.05, 0) is 52.3 Å². The van der Waals surface area contributed by atoms with Gasteiger partial charge in [0.05, 0.1) is 34.5 Å². The third-order valence-electron chi connectivity index (χ3n) is 10.8. The van der Waals surface area contributed by atoms with Gasteiger partial charge in [0.2, 0.25) is 0 Å². The number of rotatable bonds is 8. The number of benzene rings is 7. The van der Waals surface area contributed by atoms with Gasteiger partial charge in [-0.25, -0.2) is 15.0 Å². The average Bonchev–Trinajstić information content (AvgIpc) is 3.32. The van der Waals surface area contributed by atoms with E-state index < -0.39 is 0 Å². The molecule has 1 atom stereocenters. The van der Waals surface area contributed by atoms with Crippen LogP contribution in [-0.2, 0) is 0 Å². The fraction of sp³-hybridized carbons (Fsp3) is 0.0370. The Kier molecular flexibility index (Phi) is 9.34. The number of aromatic nitrogens is 3. The fourth-order valence-electron chi connectivity index (χ4n) is 7.81. The van der Waals surface area contributed by atoms with E-state index in [1.54, 1.807) is 0 Å². The SMILES string of the molecule is C1=C(c2ccccc2)CC(c2ccccc2)N=C1c1ccc(-c2cc3ccccc3c(-c3ccc(-c4cc(-c5ccccc5)nc(-c5ccccc5)n4)cc3)n2)cc1. The van der Waals surface area contributed by atoms with Crippen molar-refractivity contribution in [2.45, 2.75) is 12.5 Å². The maximum atomic E-state index is 5.33. The summed E-state index contributed by atoms with van der Waals surface area (Å²) in [5.41, 5.74) is 14.6. The standard InChI is InChI=1S/C54H38N4/c1-5-15-37(16-6-1)46-34-48(38-17-7-2-8-18-38)55-49(35-46)40-25-27-41(28-26-40)50-33-45-23-13-14-24-47(45)53(56-50)43-31-29-42(30-32-43)52-36-51(39-19-9-3-10-20-39)57-54(58-52)44-21-11-4-12-22-44/h1-33,35-36,48H,34H2. The Morgan fingerprint density at radius 3 is 1.50 bits per heavy atom. The van der Waals surface area contributed by atoms with E-state index in [0.717, 1.165) is 79.1 Å². The van der Waals surface area contributed by atoms with E-state index in [1.807, 2.05) is 36.4 Å². The minimum Gasteiger partial charge on any atom is -0.276 e. The molecule has 1 unspecified atom stereocenters. The van der Waals surface area contributed by atoms with E-state index in [1.165, 1.54) is 16.7 Å². The number of nitrogens with zero attached hydrogens (tertiary/aromatic N) is 4. The minimum atomic E-state index is 0.0540. The molecule has 3 heterocycles. The largest absolute Gasteiger partial charge is 0.276 e. The molecular weight excluding hydrogens is 705 g/mol. The summed E-state index contributed by atoms with van der Waals surface area (Å²) in [6.07, 6.45) is 3.12. The monoisotopic (exact) mass is 742 g/mol. The molecule has 4 nitrogen and oxygen atoms in total. The van der Waals surface area contributed by atoms with Gasteiger partial charge in [-0.2, -0.15) is 0 Å². The van der Waals surface area contributed by atoms with Gasteiger partial charge in [0.25, 0.3) is 0 Å². The van der Waals surface area contributed by atoms with Gasteiger partial charge in [-0.1, -0.05) is 194 Å².